The Morgan fingerprint density at radius 3 is 2.79 bits per heavy atom. The molecule has 0 atom stereocenters. The van der Waals surface area contributed by atoms with Crippen molar-refractivity contribution in [3.63, 3.8) is 0 Å². The number of aryl methyl sites for hydroxylation is 1. The quantitative estimate of drug-likeness (QED) is 0.776. The molecule has 0 saturated heterocycles. The van der Waals surface area contributed by atoms with E-state index in [-0.39, 0.29) is 0 Å². The highest BCUT2D eigenvalue weighted by Gasteiger charge is 2.09. The number of benzene rings is 1. The van der Waals surface area contributed by atoms with Gasteiger partial charge in [0.2, 0.25) is 0 Å². The van der Waals surface area contributed by atoms with Crippen LogP contribution >= 0.6 is 0 Å². The maximum absolute atomic E-state index is 4.23. The molecule has 0 saturated carbocycles. The lowest BCUT2D eigenvalue weighted by Gasteiger charge is -2.11. The van der Waals surface area contributed by atoms with Crippen molar-refractivity contribution in [1.82, 2.24) is 20.3 Å². The van der Waals surface area contributed by atoms with Gasteiger partial charge >= 0.3 is 0 Å². The lowest BCUT2D eigenvalue weighted by molar-refractivity contribution is 0.639. The first-order valence-corrected chi connectivity index (χ1v) is 7.05. The molecule has 4 heteroatoms. The van der Waals surface area contributed by atoms with Crippen molar-refractivity contribution >= 4 is 0 Å². The molecule has 0 aliphatic heterocycles. The SMILES string of the molecule is CCCNCc1cnnn1-c1ccccc1CCC. The molecule has 0 spiro atoms. The van der Waals surface area contributed by atoms with Crippen molar-refractivity contribution in [2.75, 3.05) is 6.54 Å². The average Bonchev–Trinajstić information content (AvgIpc) is 2.88. The molecule has 0 fully saturated rings. The molecule has 1 N–H and O–H groups in total. The van der Waals surface area contributed by atoms with Crippen molar-refractivity contribution < 1.29 is 0 Å². The van der Waals surface area contributed by atoms with Crippen LogP contribution in [0.3, 0.4) is 0 Å². The molecule has 2 rings (SSSR count). The average molecular weight is 258 g/mol. The highest BCUT2D eigenvalue weighted by atomic mass is 15.4. The van der Waals surface area contributed by atoms with Gasteiger partial charge in [-0.05, 0) is 31.0 Å². The second kappa shape index (κ2) is 7.04. The molecule has 0 aliphatic rings. The molecule has 0 bridgehead atoms. The van der Waals surface area contributed by atoms with Crippen LogP contribution in [-0.2, 0) is 13.0 Å². The van der Waals surface area contributed by atoms with Gasteiger partial charge in [0.1, 0.15) is 0 Å². The number of hydrogen-bond acceptors (Lipinski definition) is 3. The van der Waals surface area contributed by atoms with Crippen LogP contribution in [0.2, 0.25) is 0 Å². The van der Waals surface area contributed by atoms with E-state index in [1.807, 2.05) is 10.9 Å². The van der Waals surface area contributed by atoms with Gasteiger partial charge < -0.3 is 5.32 Å². The van der Waals surface area contributed by atoms with E-state index in [2.05, 4.69) is 53.7 Å². The summed E-state index contributed by atoms with van der Waals surface area (Å²) in [4.78, 5) is 0. The minimum atomic E-state index is 0.807. The summed E-state index contributed by atoms with van der Waals surface area (Å²) in [5.41, 5.74) is 3.58. The van der Waals surface area contributed by atoms with E-state index in [4.69, 9.17) is 0 Å². The van der Waals surface area contributed by atoms with Crippen LogP contribution in [0, 0.1) is 0 Å². The molecule has 2 aromatic rings. The number of rotatable bonds is 7. The van der Waals surface area contributed by atoms with Gasteiger partial charge in [-0.3, -0.25) is 0 Å². The summed E-state index contributed by atoms with van der Waals surface area (Å²) in [7, 11) is 0. The van der Waals surface area contributed by atoms with E-state index < -0.39 is 0 Å². The fourth-order valence-electron chi connectivity index (χ4n) is 2.17. The third-order valence-electron chi connectivity index (χ3n) is 3.09. The summed E-state index contributed by atoms with van der Waals surface area (Å²) >= 11 is 0. The minimum Gasteiger partial charge on any atom is -0.311 e. The van der Waals surface area contributed by atoms with E-state index in [0.717, 1.165) is 43.7 Å². The Morgan fingerprint density at radius 2 is 2.00 bits per heavy atom. The van der Waals surface area contributed by atoms with Crippen LogP contribution < -0.4 is 5.32 Å². The van der Waals surface area contributed by atoms with Gasteiger partial charge in [-0.15, -0.1) is 5.10 Å². The Morgan fingerprint density at radius 1 is 1.16 bits per heavy atom. The Hall–Kier alpha value is -1.68. The topological polar surface area (TPSA) is 42.7 Å². The molecule has 19 heavy (non-hydrogen) atoms. The van der Waals surface area contributed by atoms with Gasteiger partial charge in [0.25, 0.3) is 0 Å². The fraction of sp³-hybridized carbons (Fsp3) is 0.467. The Kier molecular flexibility index (Phi) is 5.10. The van der Waals surface area contributed by atoms with Gasteiger partial charge in [0, 0.05) is 6.54 Å². The number of nitrogens with one attached hydrogen (secondary N) is 1. The largest absolute Gasteiger partial charge is 0.311 e. The predicted octanol–water partition coefficient (Wildman–Crippen LogP) is 2.72. The van der Waals surface area contributed by atoms with Crippen LogP contribution in [0.4, 0.5) is 0 Å². The van der Waals surface area contributed by atoms with Crippen molar-refractivity contribution in [3.8, 4) is 5.69 Å². The molecule has 0 amide bonds. The highest BCUT2D eigenvalue weighted by Crippen LogP contribution is 2.16. The summed E-state index contributed by atoms with van der Waals surface area (Å²) in [6.45, 7) is 6.18. The van der Waals surface area contributed by atoms with Crippen LogP contribution in [0.5, 0.6) is 0 Å². The summed E-state index contributed by atoms with van der Waals surface area (Å²) in [5.74, 6) is 0. The molecule has 0 radical (unpaired) electrons. The zero-order chi connectivity index (χ0) is 13.5. The summed E-state index contributed by atoms with van der Waals surface area (Å²) in [6, 6.07) is 8.42. The van der Waals surface area contributed by atoms with E-state index in [1.165, 1.54) is 5.56 Å². The smallest absolute Gasteiger partial charge is 0.0783 e. The monoisotopic (exact) mass is 258 g/mol. The van der Waals surface area contributed by atoms with Gasteiger partial charge in [-0.25, -0.2) is 4.68 Å². The van der Waals surface area contributed by atoms with Crippen LogP contribution in [0.1, 0.15) is 37.9 Å². The van der Waals surface area contributed by atoms with Crippen molar-refractivity contribution in [2.24, 2.45) is 0 Å². The molecular formula is C15H22N4. The third kappa shape index (κ3) is 3.41. The molecule has 0 aliphatic carbocycles. The van der Waals surface area contributed by atoms with Crippen molar-refractivity contribution in [2.45, 2.75) is 39.7 Å². The molecular weight excluding hydrogens is 236 g/mol. The molecule has 4 nitrogen and oxygen atoms in total. The number of para-hydroxylation sites is 1. The number of nitrogens with zero attached hydrogens (tertiary/aromatic N) is 3. The first-order valence-electron chi connectivity index (χ1n) is 7.05. The Balaban J connectivity index is 2.24. The molecule has 1 aromatic heterocycles. The zero-order valence-corrected chi connectivity index (χ0v) is 11.8. The Labute approximate surface area is 114 Å². The van der Waals surface area contributed by atoms with Crippen molar-refractivity contribution in [3.05, 3.63) is 41.7 Å². The van der Waals surface area contributed by atoms with Crippen LogP contribution in [0.15, 0.2) is 30.5 Å². The lowest BCUT2D eigenvalue weighted by atomic mass is 10.1. The van der Waals surface area contributed by atoms with Gasteiger partial charge in [-0.2, -0.15) is 0 Å². The van der Waals surface area contributed by atoms with E-state index in [1.54, 1.807) is 0 Å². The van der Waals surface area contributed by atoms with Crippen LogP contribution in [-0.4, -0.2) is 21.5 Å². The van der Waals surface area contributed by atoms with Crippen LogP contribution in [0.25, 0.3) is 5.69 Å². The van der Waals surface area contributed by atoms with E-state index >= 15 is 0 Å². The minimum absolute atomic E-state index is 0.807. The maximum atomic E-state index is 4.23. The molecule has 1 aromatic carbocycles. The van der Waals surface area contributed by atoms with E-state index in [0.29, 0.717) is 0 Å². The lowest BCUT2D eigenvalue weighted by Crippen LogP contribution is -2.17. The normalized spacial score (nSPS) is 10.8. The second-order valence-corrected chi connectivity index (χ2v) is 4.69. The number of aromatic nitrogens is 3. The Bertz CT molecular complexity index is 504. The standard InChI is InChI=1S/C15H22N4/c1-3-7-13-8-5-6-9-15(13)19-14(12-17-18-19)11-16-10-4-2/h5-6,8-9,12,16H,3-4,7,10-11H2,1-2H3. The van der Waals surface area contributed by atoms with Gasteiger partial charge in [0.15, 0.2) is 0 Å². The van der Waals surface area contributed by atoms with Gasteiger partial charge in [-0.1, -0.05) is 43.7 Å². The van der Waals surface area contributed by atoms with E-state index in [9.17, 15) is 0 Å². The van der Waals surface area contributed by atoms with Crippen molar-refractivity contribution in [1.29, 1.82) is 0 Å². The third-order valence-corrected chi connectivity index (χ3v) is 3.09. The first kappa shape index (κ1) is 13.7. The molecule has 0 unspecified atom stereocenters. The highest BCUT2D eigenvalue weighted by molar-refractivity contribution is 5.41. The fourth-order valence-corrected chi connectivity index (χ4v) is 2.17. The second-order valence-electron chi connectivity index (χ2n) is 4.69. The summed E-state index contributed by atoms with van der Waals surface area (Å²) in [6.07, 6.45) is 5.17. The predicted molar refractivity (Wildman–Crippen MR) is 77.4 cm³/mol. The molecule has 102 valence electrons. The maximum Gasteiger partial charge on any atom is 0.0783 e. The molecule has 1 heterocycles. The first-order chi connectivity index (χ1) is 9.36. The van der Waals surface area contributed by atoms with Gasteiger partial charge in [0.05, 0.1) is 17.6 Å². The zero-order valence-electron chi connectivity index (χ0n) is 11.8. The summed E-state index contributed by atoms with van der Waals surface area (Å²) in [5, 5.41) is 11.7. The number of hydrogen-bond donors (Lipinski definition) is 1. The summed E-state index contributed by atoms with van der Waals surface area (Å²) < 4.78 is 1.95.